The summed E-state index contributed by atoms with van der Waals surface area (Å²) in [4.78, 5) is 0. The van der Waals surface area contributed by atoms with Gasteiger partial charge in [-0.1, -0.05) is 71.8 Å². The van der Waals surface area contributed by atoms with Crippen LogP contribution in [0.4, 0.5) is 5.69 Å². The molecule has 1 atom stereocenters. The van der Waals surface area contributed by atoms with E-state index in [1.54, 1.807) is 0 Å². The molecule has 0 unspecified atom stereocenters. The lowest BCUT2D eigenvalue weighted by molar-refractivity contribution is 0.762. The molecule has 0 aliphatic carbocycles. The van der Waals surface area contributed by atoms with E-state index in [4.69, 9.17) is 12.2 Å². The molecule has 0 spiro atoms. The summed E-state index contributed by atoms with van der Waals surface area (Å²) in [5, 5.41) is 7.40. The van der Waals surface area contributed by atoms with E-state index < -0.39 is 0 Å². The fourth-order valence-electron chi connectivity index (χ4n) is 3.07. The van der Waals surface area contributed by atoms with Crippen molar-refractivity contribution in [3.05, 3.63) is 101 Å². The lowest BCUT2D eigenvalue weighted by Gasteiger charge is -2.24. The number of hydrogen-bond donors (Lipinski definition) is 2. The lowest BCUT2D eigenvalue weighted by atomic mass is 9.94. The van der Waals surface area contributed by atoms with Crippen molar-refractivity contribution in [3.63, 3.8) is 0 Å². The SMILES string of the molecule is Cc1ccc(NC(=S)N[C@H](c2ccccc2)c2ccc(C)cc2C)cc1. The minimum absolute atomic E-state index is 0.00208. The molecule has 0 aliphatic rings. The molecule has 0 aliphatic heterocycles. The van der Waals surface area contributed by atoms with Gasteiger partial charge in [0.25, 0.3) is 0 Å². The van der Waals surface area contributed by atoms with Crippen molar-refractivity contribution in [2.24, 2.45) is 0 Å². The van der Waals surface area contributed by atoms with Crippen LogP contribution in [0.1, 0.15) is 33.9 Å². The molecule has 0 fully saturated rings. The van der Waals surface area contributed by atoms with Crippen LogP contribution < -0.4 is 10.6 Å². The summed E-state index contributed by atoms with van der Waals surface area (Å²) in [6.07, 6.45) is 0. The highest BCUT2D eigenvalue weighted by Crippen LogP contribution is 2.26. The third-order valence-electron chi connectivity index (χ3n) is 4.45. The second-order valence-corrected chi connectivity index (χ2v) is 7.08. The Morgan fingerprint density at radius 3 is 2.12 bits per heavy atom. The van der Waals surface area contributed by atoms with E-state index in [0.29, 0.717) is 5.11 Å². The van der Waals surface area contributed by atoms with E-state index in [1.807, 2.05) is 18.2 Å². The van der Waals surface area contributed by atoms with Crippen LogP contribution in [-0.2, 0) is 0 Å². The quantitative estimate of drug-likeness (QED) is 0.585. The summed E-state index contributed by atoms with van der Waals surface area (Å²) in [6.45, 7) is 6.34. The molecule has 3 aromatic rings. The molecule has 3 heteroatoms. The van der Waals surface area contributed by atoms with Gasteiger partial charge in [0.05, 0.1) is 6.04 Å². The van der Waals surface area contributed by atoms with E-state index in [0.717, 1.165) is 5.69 Å². The lowest BCUT2D eigenvalue weighted by Crippen LogP contribution is -2.33. The van der Waals surface area contributed by atoms with Gasteiger partial charge in [-0.15, -0.1) is 0 Å². The average molecular weight is 361 g/mol. The van der Waals surface area contributed by atoms with Crippen molar-refractivity contribution in [1.29, 1.82) is 0 Å². The number of anilines is 1. The predicted octanol–water partition coefficient (Wildman–Crippen LogP) is 5.69. The van der Waals surface area contributed by atoms with Crippen LogP contribution in [0.25, 0.3) is 0 Å². The number of thiocarbonyl (C=S) groups is 1. The first kappa shape index (κ1) is 18.2. The van der Waals surface area contributed by atoms with E-state index in [2.05, 4.69) is 86.0 Å². The Morgan fingerprint density at radius 1 is 0.808 bits per heavy atom. The topological polar surface area (TPSA) is 24.1 Å². The van der Waals surface area contributed by atoms with Crippen LogP contribution in [0, 0.1) is 20.8 Å². The first-order valence-electron chi connectivity index (χ1n) is 8.79. The van der Waals surface area contributed by atoms with Crippen molar-refractivity contribution in [2.75, 3.05) is 5.32 Å². The van der Waals surface area contributed by atoms with E-state index >= 15 is 0 Å². The fraction of sp³-hybridized carbons (Fsp3) is 0.174. The molecule has 26 heavy (non-hydrogen) atoms. The van der Waals surface area contributed by atoms with Crippen LogP contribution in [0.15, 0.2) is 72.8 Å². The van der Waals surface area contributed by atoms with Gasteiger partial charge in [-0.25, -0.2) is 0 Å². The number of nitrogens with one attached hydrogen (secondary N) is 2. The van der Waals surface area contributed by atoms with Crippen LogP contribution >= 0.6 is 12.2 Å². The summed E-state index contributed by atoms with van der Waals surface area (Å²) < 4.78 is 0. The minimum atomic E-state index is 0.00208. The molecule has 0 saturated heterocycles. The molecule has 0 radical (unpaired) electrons. The molecule has 3 aromatic carbocycles. The summed E-state index contributed by atoms with van der Waals surface area (Å²) in [6, 6.07) is 25.2. The summed E-state index contributed by atoms with van der Waals surface area (Å²) in [5.41, 5.74) is 7.15. The standard InChI is InChI=1S/C23H24N2S/c1-16-9-12-20(13-10-16)24-23(26)25-22(19-7-5-4-6-8-19)21-14-11-17(2)15-18(21)3/h4-15,22H,1-3H3,(H2,24,25,26)/t22-/m1/s1. The van der Waals surface area contributed by atoms with E-state index in [1.165, 1.54) is 27.8 Å². The second kappa shape index (κ2) is 8.15. The third-order valence-corrected chi connectivity index (χ3v) is 4.67. The van der Waals surface area contributed by atoms with Gasteiger partial charge in [-0.2, -0.15) is 0 Å². The number of aryl methyl sites for hydroxylation is 3. The van der Waals surface area contributed by atoms with Crippen molar-refractivity contribution < 1.29 is 0 Å². The number of rotatable bonds is 4. The van der Waals surface area contributed by atoms with Gasteiger partial charge in [0.2, 0.25) is 0 Å². The zero-order valence-corrected chi connectivity index (χ0v) is 16.2. The molecule has 2 N–H and O–H groups in total. The van der Waals surface area contributed by atoms with Gasteiger partial charge in [0.1, 0.15) is 0 Å². The maximum absolute atomic E-state index is 5.59. The molecule has 0 bridgehead atoms. The number of hydrogen-bond acceptors (Lipinski definition) is 1. The van der Waals surface area contributed by atoms with Gasteiger partial charge >= 0.3 is 0 Å². The monoisotopic (exact) mass is 360 g/mol. The Hall–Kier alpha value is -2.65. The Balaban J connectivity index is 1.86. The zero-order chi connectivity index (χ0) is 18.5. The maximum atomic E-state index is 5.59. The van der Waals surface area contributed by atoms with Crippen molar-refractivity contribution in [1.82, 2.24) is 5.32 Å². The smallest absolute Gasteiger partial charge is 0.171 e. The highest BCUT2D eigenvalue weighted by molar-refractivity contribution is 7.80. The maximum Gasteiger partial charge on any atom is 0.171 e. The Labute approximate surface area is 161 Å². The zero-order valence-electron chi connectivity index (χ0n) is 15.4. The van der Waals surface area contributed by atoms with Crippen molar-refractivity contribution in [3.8, 4) is 0 Å². The minimum Gasteiger partial charge on any atom is -0.352 e. The highest BCUT2D eigenvalue weighted by atomic mass is 32.1. The Morgan fingerprint density at radius 2 is 1.46 bits per heavy atom. The normalized spacial score (nSPS) is 11.7. The van der Waals surface area contributed by atoms with E-state index in [9.17, 15) is 0 Å². The van der Waals surface area contributed by atoms with Crippen LogP contribution in [0.2, 0.25) is 0 Å². The fourth-order valence-corrected chi connectivity index (χ4v) is 3.31. The van der Waals surface area contributed by atoms with Crippen molar-refractivity contribution >= 4 is 23.0 Å². The predicted molar refractivity (Wildman–Crippen MR) is 115 cm³/mol. The molecule has 3 rings (SSSR count). The average Bonchev–Trinajstić information content (AvgIpc) is 2.63. The highest BCUT2D eigenvalue weighted by Gasteiger charge is 2.17. The van der Waals surface area contributed by atoms with Gasteiger partial charge in [-0.3, -0.25) is 0 Å². The first-order chi connectivity index (χ1) is 12.5. The van der Waals surface area contributed by atoms with Crippen LogP contribution in [0.5, 0.6) is 0 Å². The Kier molecular flexibility index (Phi) is 5.69. The molecule has 2 nitrogen and oxygen atoms in total. The molecule has 132 valence electrons. The van der Waals surface area contributed by atoms with Crippen LogP contribution in [0.3, 0.4) is 0 Å². The Bertz CT molecular complexity index is 886. The van der Waals surface area contributed by atoms with Gasteiger partial charge < -0.3 is 10.6 Å². The molecule has 0 amide bonds. The summed E-state index contributed by atoms with van der Waals surface area (Å²) in [5.74, 6) is 0. The number of benzene rings is 3. The van der Waals surface area contributed by atoms with Gasteiger partial charge in [0.15, 0.2) is 5.11 Å². The molecule has 0 heterocycles. The van der Waals surface area contributed by atoms with Crippen molar-refractivity contribution in [2.45, 2.75) is 26.8 Å². The first-order valence-corrected chi connectivity index (χ1v) is 9.20. The summed E-state index contributed by atoms with van der Waals surface area (Å²) >= 11 is 5.59. The third kappa shape index (κ3) is 4.50. The molecule has 0 aromatic heterocycles. The van der Waals surface area contributed by atoms with Gasteiger partial charge in [-0.05, 0) is 61.8 Å². The molecular weight excluding hydrogens is 336 g/mol. The van der Waals surface area contributed by atoms with Gasteiger partial charge in [0, 0.05) is 5.69 Å². The molecular formula is C23H24N2S. The second-order valence-electron chi connectivity index (χ2n) is 6.67. The summed E-state index contributed by atoms with van der Waals surface area (Å²) in [7, 11) is 0. The van der Waals surface area contributed by atoms with E-state index in [-0.39, 0.29) is 6.04 Å². The largest absolute Gasteiger partial charge is 0.352 e. The molecule has 0 saturated carbocycles. The van der Waals surface area contributed by atoms with Crippen LogP contribution in [-0.4, -0.2) is 5.11 Å².